The molecule has 9 heteroatoms. The predicted octanol–water partition coefficient (Wildman–Crippen LogP) is 3.92. The van der Waals surface area contributed by atoms with Gasteiger partial charge in [0.1, 0.15) is 0 Å². The molecule has 0 aliphatic rings. The van der Waals surface area contributed by atoms with E-state index in [9.17, 15) is 24.6 Å². The summed E-state index contributed by atoms with van der Waals surface area (Å²) in [4.78, 5) is 22.1. The molecule has 1 rings (SSSR count). The van der Waals surface area contributed by atoms with Gasteiger partial charge < -0.3 is 4.90 Å². The van der Waals surface area contributed by atoms with E-state index in [4.69, 9.17) is 11.6 Å². The molecule has 21 heavy (non-hydrogen) atoms. The highest BCUT2D eigenvalue weighted by Crippen LogP contribution is 2.44. The molecule has 0 spiro atoms. The van der Waals surface area contributed by atoms with Crippen molar-refractivity contribution in [2.75, 3.05) is 18.0 Å². The number of benzene rings is 1. The normalized spacial score (nSPS) is 10.5. The molecule has 116 valence electrons. The molecule has 0 aliphatic heterocycles. The number of nitro benzene ring substituents is 2. The van der Waals surface area contributed by atoms with Crippen molar-refractivity contribution < 1.29 is 14.2 Å². The Morgan fingerprint density at radius 3 is 2.10 bits per heavy atom. The summed E-state index contributed by atoms with van der Waals surface area (Å²) >= 11 is 5.65. The summed E-state index contributed by atoms with van der Waals surface area (Å²) < 4.78 is 13.6. The highest BCUT2D eigenvalue weighted by molar-refractivity contribution is 6.33. The summed E-state index contributed by atoms with van der Waals surface area (Å²) in [5, 5.41) is 21.6. The second-order valence-corrected chi connectivity index (χ2v) is 4.77. The summed E-state index contributed by atoms with van der Waals surface area (Å²) in [6.07, 6.45) is 1.26. The molecule has 0 unspecified atom stereocenters. The zero-order valence-electron chi connectivity index (χ0n) is 11.6. The summed E-state index contributed by atoms with van der Waals surface area (Å²) in [5.74, 6) is -1.17. The number of hydrogen-bond acceptors (Lipinski definition) is 5. The molecule has 0 heterocycles. The fraction of sp³-hybridized carbons (Fsp3) is 0.500. The minimum absolute atomic E-state index is 0.236. The first-order valence-electron chi connectivity index (χ1n) is 6.40. The van der Waals surface area contributed by atoms with E-state index < -0.39 is 32.1 Å². The van der Waals surface area contributed by atoms with Crippen molar-refractivity contribution in [1.82, 2.24) is 0 Å². The molecule has 0 N–H and O–H groups in total. The Morgan fingerprint density at radius 2 is 1.71 bits per heavy atom. The topological polar surface area (TPSA) is 89.5 Å². The van der Waals surface area contributed by atoms with Crippen LogP contribution in [-0.4, -0.2) is 22.9 Å². The van der Waals surface area contributed by atoms with E-state index in [0.717, 1.165) is 0 Å². The van der Waals surface area contributed by atoms with Crippen LogP contribution >= 0.6 is 11.6 Å². The van der Waals surface area contributed by atoms with Gasteiger partial charge >= 0.3 is 11.4 Å². The fourth-order valence-electron chi connectivity index (χ4n) is 2.08. The van der Waals surface area contributed by atoms with Crippen LogP contribution in [0.1, 0.15) is 26.7 Å². The predicted molar refractivity (Wildman–Crippen MR) is 77.5 cm³/mol. The lowest BCUT2D eigenvalue weighted by Gasteiger charge is -2.23. The minimum atomic E-state index is -1.17. The fourth-order valence-corrected chi connectivity index (χ4v) is 2.30. The number of nitrogens with zero attached hydrogens (tertiary/aromatic N) is 3. The first kappa shape index (κ1) is 17.1. The molecule has 0 saturated heterocycles. The van der Waals surface area contributed by atoms with Crippen LogP contribution in [0.5, 0.6) is 0 Å². The van der Waals surface area contributed by atoms with Crippen LogP contribution in [0.15, 0.2) is 6.07 Å². The molecule has 0 saturated carbocycles. The third-order valence-electron chi connectivity index (χ3n) is 2.83. The molecule has 0 amide bonds. The Kier molecular flexibility index (Phi) is 5.83. The van der Waals surface area contributed by atoms with Crippen LogP contribution in [0.3, 0.4) is 0 Å². The molecule has 0 aromatic heterocycles. The maximum Gasteiger partial charge on any atom is 0.321 e. The average molecular weight is 320 g/mol. The van der Waals surface area contributed by atoms with Crippen LogP contribution in [-0.2, 0) is 0 Å². The first-order chi connectivity index (χ1) is 9.84. The van der Waals surface area contributed by atoms with Crippen LogP contribution in [0, 0.1) is 26.0 Å². The van der Waals surface area contributed by atoms with Gasteiger partial charge in [-0.2, -0.15) is 0 Å². The molecule has 1 aromatic carbocycles. The molecule has 0 radical (unpaired) electrons. The Hall–Kier alpha value is -1.96. The maximum atomic E-state index is 13.6. The van der Waals surface area contributed by atoms with Gasteiger partial charge in [0.15, 0.2) is 16.5 Å². The molecular weight excluding hydrogens is 305 g/mol. The molecule has 0 atom stereocenters. The van der Waals surface area contributed by atoms with E-state index in [0.29, 0.717) is 32.0 Å². The maximum absolute atomic E-state index is 13.6. The first-order valence-corrected chi connectivity index (χ1v) is 6.78. The van der Waals surface area contributed by atoms with Gasteiger partial charge in [0, 0.05) is 13.1 Å². The van der Waals surface area contributed by atoms with Gasteiger partial charge in [-0.15, -0.1) is 0 Å². The summed E-state index contributed by atoms with van der Waals surface area (Å²) in [7, 11) is 0. The van der Waals surface area contributed by atoms with Crippen molar-refractivity contribution in [3.8, 4) is 0 Å². The SMILES string of the molecule is CCCN(CCC)c1c([N+](=O)[O-])cc(F)c(Cl)c1[N+](=O)[O-]. The van der Waals surface area contributed by atoms with Crippen molar-refractivity contribution >= 4 is 28.7 Å². The largest absolute Gasteiger partial charge is 0.360 e. The third kappa shape index (κ3) is 3.57. The van der Waals surface area contributed by atoms with Gasteiger partial charge in [0.05, 0.1) is 15.9 Å². The monoisotopic (exact) mass is 319 g/mol. The van der Waals surface area contributed by atoms with Crippen LogP contribution in [0.4, 0.5) is 21.5 Å². The highest BCUT2D eigenvalue weighted by Gasteiger charge is 2.34. The Labute approximate surface area is 125 Å². The highest BCUT2D eigenvalue weighted by atomic mass is 35.5. The molecule has 1 aromatic rings. The molecule has 0 fully saturated rings. The van der Waals surface area contributed by atoms with E-state index in [-0.39, 0.29) is 5.69 Å². The summed E-state index contributed by atoms with van der Waals surface area (Å²) in [5.41, 5.74) is -1.64. The lowest BCUT2D eigenvalue weighted by molar-refractivity contribution is -0.392. The molecule has 0 aliphatic carbocycles. The smallest absolute Gasteiger partial charge is 0.321 e. The lowest BCUT2D eigenvalue weighted by atomic mass is 10.1. The van der Waals surface area contributed by atoms with E-state index in [2.05, 4.69) is 0 Å². The van der Waals surface area contributed by atoms with Crippen molar-refractivity contribution in [3.05, 3.63) is 37.1 Å². The van der Waals surface area contributed by atoms with Gasteiger partial charge in [0.2, 0.25) is 0 Å². The molecular formula is C12H15ClFN3O4. The zero-order valence-corrected chi connectivity index (χ0v) is 12.4. The summed E-state index contributed by atoms with van der Waals surface area (Å²) in [6, 6.07) is 0.628. The number of halogens is 2. The number of rotatable bonds is 7. The van der Waals surface area contributed by atoms with Gasteiger partial charge in [0.25, 0.3) is 0 Å². The number of anilines is 1. The second-order valence-electron chi connectivity index (χ2n) is 4.39. The van der Waals surface area contributed by atoms with Crippen molar-refractivity contribution in [3.63, 3.8) is 0 Å². The van der Waals surface area contributed by atoms with E-state index in [1.807, 2.05) is 13.8 Å². The van der Waals surface area contributed by atoms with Crippen LogP contribution < -0.4 is 4.90 Å². The Morgan fingerprint density at radius 1 is 1.19 bits per heavy atom. The van der Waals surface area contributed by atoms with E-state index in [1.54, 1.807) is 0 Å². The van der Waals surface area contributed by atoms with Gasteiger partial charge in [-0.3, -0.25) is 20.2 Å². The minimum Gasteiger partial charge on any atom is -0.360 e. The number of hydrogen-bond donors (Lipinski definition) is 0. The third-order valence-corrected chi connectivity index (χ3v) is 3.19. The zero-order chi connectivity index (χ0) is 16.2. The average Bonchev–Trinajstić information content (AvgIpc) is 2.40. The van der Waals surface area contributed by atoms with E-state index in [1.165, 1.54) is 4.90 Å². The van der Waals surface area contributed by atoms with Crippen LogP contribution in [0.2, 0.25) is 5.02 Å². The summed E-state index contributed by atoms with van der Waals surface area (Å²) in [6.45, 7) is 4.42. The van der Waals surface area contributed by atoms with Gasteiger partial charge in [-0.05, 0) is 12.8 Å². The van der Waals surface area contributed by atoms with Crippen molar-refractivity contribution in [2.24, 2.45) is 0 Å². The van der Waals surface area contributed by atoms with Crippen LogP contribution in [0.25, 0.3) is 0 Å². The van der Waals surface area contributed by atoms with Crippen molar-refractivity contribution in [2.45, 2.75) is 26.7 Å². The lowest BCUT2D eigenvalue weighted by Crippen LogP contribution is -2.27. The standard InChI is InChI=1S/C12H15ClFN3O4/c1-3-5-15(6-4-2)11-9(16(18)19)7-8(14)10(13)12(11)17(20)21/h7H,3-6H2,1-2H3. The second kappa shape index (κ2) is 7.16. The quantitative estimate of drug-likeness (QED) is 0.561. The molecule has 7 nitrogen and oxygen atoms in total. The van der Waals surface area contributed by atoms with Gasteiger partial charge in [-0.25, -0.2) is 4.39 Å². The number of nitro groups is 2. The Bertz CT molecular complexity index is 562. The Balaban J connectivity index is 3.67. The van der Waals surface area contributed by atoms with Gasteiger partial charge in [-0.1, -0.05) is 25.4 Å². The van der Waals surface area contributed by atoms with Crippen molar-refractivity contribution in [1.29, 1.82) is 0 Å². The molecule has 0 bridgehead atoms. The van der Waals surface area contributed by atoms with E-state index >= 15 is 0 Å².